The molecule has 104 valence electrons. The van der Waals surface area contributed by atoms with Crippen molar-refractivity contribution in [2.75, 3.05) is 5.32 Å². The van der Waals surface area contributed by atoms with Crippen molar-refractivity contribution >= 4 is 23.5 Å². The van der Waals surface area contributed by atoms with Crippen molar-refractivity contribution in [3.63, 3.8) is 0 Å². The molecule has 0 bridgehead atoms. The summed E-state index contributed by atoms with van der Waals surface area (Å²) in [5, 5.41) is 29.2. The number of aromatic hydroxyl groups is 2. The maximum atomic E-state index is 11.8. The van der Waals surface area contributed by atoms with Crippen molar-refractivity contribution < 1.29 is 15.0 Å². The number of nitrogens with zero attached hydrogens (tertiary/aromatic N) is 2. The maximum absolute atomic E-state index is 11.8. The molecular formula is C15H11N3O3. The average molecular weight is 281 g/mol. The van der Waals surface area contributed by atoms with Gasteiger partial charge in [-0.15, -0.1) is 5.10 Å². The number of amides is 1. The first-order valence-corrected chi connectivity index (χ1v) is 6.19. The highest BCUT2D eigenvalue weighted by atomic mass is 16.3. The summed E-state index contributed by atoms with van der Waals surface area (Å²) in [5.41, 5.74) is 2.00. The van der Waals surface area contributed by atoms with Gasteiger partial charge in [0, 0.05) is 17.2 Å². The SMILES string of the molecule is O=C1Nc2ccccc2/C1=N/N=C/c1ccc(O)cc1O. The van der Waals surface area contributed by atoms with Crippen LogP contribution >= 0.6 is 0 Å². The predicted octanol–water partition coefficient (Wildman–Crippen LogP) is 1.87. The Labute approximate surface area is 120 Å². The summed E-state index contributed by atoms with van der Waals surface area (Å²) in [7, 11) is 0. The molecule has 0 radical (unpaired) electrons. The zero-order valence-electron chi connectivity index (χ0n) is 10.8. The molecule has 0 saturated carbocycles. The number of hydrogen-bond acceptors (Lipinski definition) is 5. The number of rotatable bonds is 2. The van der Waals surface area contributed by atoms with E-state index in [1.807, 2.05) is 12.1 Å². The lowest BCUT2D eigenvalue weighted by molar-refractivity contribution is -0.110. The Kier molecular flexibility index (Phi) is 3.12. The van der Waals surface area contributed by atoms with Gasteiger partial charge in [-0.3, -0.25) is 4.79 Å². The normalized spacial score (nSPS) is 15.4. The number of fused-ring (bicyclic) bond motifs is 1. The lowest BCUT2D eigenvalue weighted by Gasteiger charge is -1.98. The smallest absolute Gasteiger partial charge is 0.276 e. The number of benzene rings is 2. The zero-order chi connectivity index (χ0) is 14.8. The van der Waals surface area contributed by atoms with Gasteiger partial charge in [0.15, 0.2) is 5.71 Å². The number of phenolic OH excluding ortho intramolecular Hbond substituents is 2. The Bertz CT molecular complexity index is 781. The van der Waals surface area contributed by atoms with Gasteiger partial charge in [-0.05, 0) is 18.2 Å². The van der Waals surface area contributed by atoms with E-state index in [0.717, 1.165) is 0 Å². The standard InChI is InChI=1S/C15H11N3O3/c19-10-6-5-9(13(20)7-10)8-16-18-14-11-3-1-2-4-12(11)17-15(14)21/h1-8,19-20H,(H,17,18,21)/b16-8+. The molecule has 0 fully saturated rings. The van der Waals surface area contributed by atoms with Gasteiger partial charge >= 0.3 is 0 Å². The summed E-state index contributed by atoms with van der Waals surface area (Å²) in [6, 6.07) is 11.3. The lowest BCUT2D eigenvalue weighted by Crippen LogP contribution is -2.13. The Morgan fingerprint density at radius 1 is 1.10 bits per heavy atom. The molecule has 0 saturated heterocycles. The summed E-state index contributed by atoms with van der Waals surface area (Å²) in [6.45, 7) is 0. The fourth-order valence-electron chi connectivity index (χ4n) is 1.99. The topological polar surface area (TPSA) is 94.3 Å². The van der Waals surface area contributed by atoms with Crippen LogP contribution in [0.15, 0.2) is 52.7 Å². The largest absolute Gasteiger partial charge is 0.508 e. The van der Waals surface area contributed by atoms with E-state index in [9.17, 15) is 15.0 Å². The van der Waals surface area contributed by atoms with E-state index in [2.05, 4.69) is 15.5 Å². The number of hydrogen-bond donors (Lipinski definition) is 3. The zero-order valence-corrected chi connectivity index (χ0v) is 10.8. The van der Waals surface area contributed by atoms with Gasteiger partial charge in [-0.25, -0.2) is 0 Å². The van der Waals surface area contributed by atoms with Crippen LogP contribution in [0, 0.1) is 0 Å². The molecule has 1 heterocycles. The average Bonchev–Trinajstić information content (AvgIpc) is 2.77. The summed E-state index contributed by atoms with van der Waals surface area (Å²) in [4.78, 5) is 11.8. The molecule has 1 amide bonds. The van der Waals surface area contributed by atoms with Crippen LogP contribution in [-0.4, -0.2) is 28.0 Å². The molecule has 0 atom stereocenters. The molecule has 3 N–H and O–H groups in total. The predicted molar refractivity (Wildman–Crippen MR) is 79.0 cm³/mol. The second kappa shape index (κ2) is 5.09. The van der Waals surface area contributed by atoms with Crippen molar-refractivity contribution in [2.24, 2.45) is 10.2 Å². The van der Waals surface area contributed by atoms with Gasteiger partial charge < -0.3 is 15.5 Å². The Hall–Kier alpha value is -3.15. The van der Waals surface area contributed by atoms with Crippen molar-refractivity contribution in [1.82, 2.24) is 0 Å². The van der Waals surface area contributed by atoms with Crippen LogP contribution in [0.3, 0.4) is 0 Å². The quantitative estimate of drug-likeness (QED) is 0.579. The molecule has 0 spiro atoms. The molecule has 0 aliphatic carbocycles. The number of carbonyl (C=O) groups excluding carboxylic acids is 1. The highest BCUT2D eigenvalue weighted by Gasteiger charge is 2.25. The molecule has 1 aliphatic rings. The van der Waals surface area contributed by atoms with Gasteiger partial charge in [0.25, 0.3) is 5.91 Å². The van der Waals surface area contributed by atoms with Crippen LogP contribution in [0.25, 0.3) is 0 Å². The molecule has 6 heteroatoms. The van der Waals surface area contributed by atoms with Crippen LogP contribution in [0.2, 0.25) is 0 Å². The third-order valence-corrected chi connectivity index (χ3v) is 3.01. The second-order valence-corrected chi connectivity index (χ2v) is 4.44. The number of carbonyl (C=O) groups is 1. The van der Waals surface area contributed by atoms with Crippen molar-refractivity contribution in [3.05, 3.63) is 53.6 Å². The van der Waals surface area contributed by atoms with Crippen LogP contribution in [0.4, 0.5) is 5.69 Å². The first kappa shape index (κ1) is 12.9. The fourth-order valence-corrected chi connectivity index (χ4v) is 1.99. The molecule has 2 aromatic carbocycles. The maximum Gasteiger partial charge on any atom is 0.276 e. The van der Waals surface area contributed by atoms with Crippen LogP contribution in [0.1, 0.15) is 11.1 Å². The van der Waals surface area contributed by atoms with Crippen molar-refractivity contribution in [3.8, 4) is 11.5 Å². The highest BCUT2D eigenvalue weighted by Crippen LogP contribution is 2.23. The third-order valence-electron chi connectivity index (χ3n) is 3.01. The molecule has 0 aromatic heterocycles. The highest BCUT2D eigenvalue weighted by molar-refractivity contribution is 6.53. The van der Waals surface area contributed by atoms with E-state index in [0.29, 0.717) is 16.8 Å². The number of nitrogens with one attached hydrogen (secondary N) is 1. The Balaban J connectivity index is 1.89. The lowest BCUT2D eigenvalue weighted by atomic mass is 10.1. The van der Waals surface area contributed by atoms with E-state index >= 15 is 0 Å². The van der Waals surface area contributed by atoms with E-state index in [1.54, 1.807) is 12.1 Å². The minimum Gasteiger partial charge on any atom is -0.508 e. The van der Waals surface area contributed by atoms with Crippen LogP contribution in [0.5, 0.6) is 11.5 Å². The Morgan fingerprint density at radius 3 is 2.71 bits per heavy atom. The van der Waals surface area contributed by atoms with Crippen molar-refractivity contribution in [1.29, 1.82) is 0 Å². The first-order chi connectivity index (χ1) is 10.1. The number of para-hydroxylation sites is 1. The minimum absolute atomic E-state index is 0.0416. The molecular weight excluding hydrogens is 270 g/mol. The van der Waals surface area contributed by atoms with Crippen molar-refractivity contribution in [2.45, 2.75) is 0 Å². The van der Waals surface area contributed by atoms with E-state index in [-0.39, 0.29) is 23.1 Å². The molecule has 1 aliphatic heterocycles. The molecule has 6 nitrogen and oxygen atoms in total. The summed E-state index contributed by atoms with van der Waals surface area (Å²) >= 11 is 0. The second-order valence-electron chi connectivity index (χ2n) is 4.44. The summed E-state index contributed by atoms with van der Waals surface area (Å²) in [5.74, 6) is -0.474. The summed E-state index contributed by atoms with van der Waals surface area (Å²) < 4.78 is 0. The first-order valence-electron chi connectivity index (χ1n) is 6.19. The number of phenols is 2. The van der Waals surface area contributed by atoms with E-state index in [1.165, 1.54) is 24.4 Å². The number of anilines is 1. The monoisotopic (exact) mass is 281 g/mol. The van der Waals surface area contributed by atoms with Gasteiger partial charge in [-0.1, -0.05) is 18.2 Å². The molecule has 3 rings (SSSR count). The Morgan fingerprint density at radius 2 is 1.90 bits per heavy atom. The third kappa shape index (κ3) is 2.46. The minimum atomic E-state index is -0.316. The fraction of sp³-hybridized carbons (Fsp3) is 0. The van der Waals surface area contributed by atoms with Crippen LogP contribution in [-0.2, 0) is 4.79 Å². The van der Waals surface area contributed by atoms with E-state index in [4.69, 9.17) is 0 Å². The molecule has 2 aromatic rings. The van der Waals surface area contributed by atoms with Gasteiger partial charge in [-0.2, -0.15) is 5.10 Å². The van der Waals surface area contributed by atoms with Gasteiger partial charge in [0.05, 0.1) is 11.9 Å². The van der Waals surface area contributed by atoms with Gasteiger partial charge in [0.2, 0.25) is 0 Å². The van der Waals surface area contributed by atoms with E-state index < -0.39 is 0 Å². The van der Waals surface area contributed by atoms with Gasteiger partial charge in [0.1, 0.15) is 11.5 Å². The molecule has 21 heavy (non-hydrogen) atoms. The van der Waals surface area contributed by atoms with Crippen LogP contribution < -0.4 is 5.32 Å². The molecule has 0 unspecified atom stereocenters. The summed E-state index contributed by atoms with van der Waals surface area (Å²) in [6.07, 6.45) is 1.32.